The van der Waals surface area contributed by atoms with Gasteiger partial charge in [-0.2, -0.15) is 0 Å². The van der Waals surface area contributed by atoms with Gasteiger partial charge in [0.15, 0.2) is 11.6 Å². The molecule has 0 unspecified atom stereocenters. The predicted octanol–water partition coefficient (Wildman–Crippen LogP) is 5.29. The van der Waals surface area contributed by atoms with Gasteiger partial charge in [0.05, 0.1) is 5.56 Å². The van der Waals surface area contributed by atoms with Gasteiger partial charge in [0.1, 0.15) is 5.75 Å². The quantitative estimate of drug-likeness (QED) is 0.481. The fourth-order valence-electron chi connectivity index (χ4n) is 2.55. The Morgan fingerprint density at radius 1 is 0.917 bits per heavy atom. The van der Waals surface area contributed by atoms with Gasteiger partial charge in [-0.15, -0.1) is 0 Å². The lowest BCUT2D eigenvalue weighted by Crippen LogP contribution is -2.08. The summed E-state index contributed by atoms with van der Waals surface area (Å²) in [5.41, 5.74) is 1.61. The molecule has 3 aromatic rings. The number of esters is 1. The number of carbonyl (C=O) groups is 1. The lowest BCUT2D eigenvalue weighted by molar-refractivity contribution is 0.0735. The maximum atomic E-state index is 13.3. The maximum absolute atomic E-state index is 13.3. The molecule has 0 aliphatic carbocycles. The molecule has 0 spiro atoms. The maximum Gasteiger partial charge on any atom is 0.343 e. The van der Waals surface area contributed by atoms with E-state index < -0.39 is 17.6 Å². The van der Waals surface area contributed by atoms with Crippen molar-refractivity contribution in [1.29, 1.82) is 0 Å². The highest BCUT2D eigenvalue weighted by atomic mass is 19.2. The average molecular weight is 326 g/mol. The van der Waals surface area contributed by atoms with Crippen LogP contribution in [0.1, 0.15) is 29.3 Å². The molecule has 0 bridgehead atoms. The van der Waals surface area contributed by atoms with Gasteiger partial charge in [-0.3, -0.25) is 0 Å². The van der Waals surface area contributed by atoms with Crippen molar-refractivity contribution in [2.75, 3.05) is 0 Å². The van der Waals surface area contributed by atoms with Crippen LogP contribution in [-0.2, 0) is 6.42 Å². The third-order valence-corrected chi connectivity index (χ3v) is 3.79. The fraction of sp³-hybridized carbons (Fsp3) is 0.150. The van der Waals surface area contributed by atoms with E-state index in [9.17, 15) is 13.6 Å². The summed E-state index contributed by atoms with van der Waals surface area (Å²) in [6.45, 7) is 2.09. The lowest BCUT2D eigenvalue weighted by atomic mass is 10.1. The first-order valence-corrected chi connectivity index (χ1v) is 7.77. The van der Waals surface area contributed by atoms with Gasteiger partial charge in [-0.05, 0) is 59.2 Å². The summed E-state index contributed by atoms with van der Waals surface area (Å²) in [4.78, 5) is 12.2. The number of fused-ring (bicyclic) bond motifs is 1. The minimum absolute atomic E-state index is 0.288. The molecular formula is C20H16F2O2. The monoisotopic (exact) mass is 326 g/mol. The largest absolute Gasteiger partial charge is 0.423 e. The Balaban J connectivity index is 1.80. The van der Waals surface area contributed by atoms with E-state index in [1.54, 1.807) is 24.3 Å². The average Bonchev–Trinajstić information content (AvgIpc) is 2.57. The van der Waals surface area contributed by atoms with Gasteiger partial charge < -0.3 is 4.74 Å². The molecule has 0 heterocycles. The Morgan fingerprint density at radius 3 is 2.25 bits per heavy atom. The second-order valence-corrected chi connectivity index (χ2v) is 5.61. The summed E-state index contributed by atoms with van der Waals surface area (Å²) in [7, 11) is 0. The van der Waals surface area contributed by atoms with Crippen LogP contribution in [-0.4, -0.2) is 5.97 Å². The van der Waals surface area contributed by atoms with E-state index in [2.05, 4.69) is 6.92 Å². The molecule has 24 heavy (non-hydrogen) atoms. The lowest BCUT2D eigenvalue weighted by Gasteiger charge is -2.07. The molecule has 3 rings (SSSR count). The van der Waals surface area contributed by atoms with Crippen LogP contribution >= 0.6 is 0 Å². The molecule has 0 fully saturated rings. The topological polar surface area (TPSA) is 26.3 Å². The molecule has 0 atom stereocenters. The Morgan fingerprint density at radius 2 is 1.58 bits per heavy atom. The normalized spacial score (nSPS) is 10.8. The van der Waals surface area contributed by atoms with E-state index in [-0.39, 0.29) is 5.75 Å². The van der Waals surface area contributed by atoms with Crippen molar-refractivity contribution in [2.24, 2.45) is 0 Å². The van der Waals surface area contributed by atoms with Crippen molar-refractivity contribution in [3.63, 3.8) is 0 Å². The minimum Gasteiger partial charge on any atom is -0.423 e. The second kappa shape index (κ2) is 6.79. The van der Waals surface area contributed by atoms with E-state index in [0.29, 0.717) is 16.3 Å². The number of benzene rings is 3. The van der Waals surface area contributed by atoms with Gasteiger partial charge >= 0.3 is 5.97 Å². The van der Waals surface area contributed by atoms with Gasteiger partial charge in [0, 0.05) is 0 Å². The van der Waals surface area contributed by atoms with Crippen LogP contribution in [0.2, 0.25) is 0 Å². The van der Waals surface area contributed by atoms with E-state index >= 15 is 0 Å². The molecule has 0 saturated carbocycles. The molecule has 3 aromatic carbocycles. The van der Waals surface area contributed by atoms with Gasteiger partial charge in [-0.1, -0.05) is 31.5 Å². The Kier molecular flexibility index (Phi) is 4.56. The molecule has 0 aliphatic rings. The van der Waals surface area contributed by atoms with Crippen molar-refractivity contribution < 1.29 is 18.3 Å². The van der Waals surface area contributed by atoms with E-state index in [0.717, 1.165) is 30.5 Å². The van der Waals surface area contributed by atoms with Gasteiger partial charge in [-0.25, -0.2) is 13.6 Å². The highest BCUT2D eigenvalue weighted by molar-refractivity contribution is 5.92. The number of halogens is 2. The van der Waals surface area contributed by atoms with Crippen LogP contribution in [0.5, 0.6) is 5.75 Å². The van der Waals surface area contributed by atoms with Crippen molar-refractivity contribution >= 4 is 16.7 Å². The first-order valence-electron chi connectivity index (χ1n) is 7.77. The Hall–Kier alpha value is -2.75. The molecule has 2 nitrogen and oxygen atoms in total. The molecule has 0 N–H and O–H groups in total. The third-order valence-electron chi connectivity index (χ3n) is 3.79. The van der Waals surface area contributed by atoms with Crippen molar-refractivity contribution in [2.45, 2.75) is 19.8 Å². The Labute approximate surface area is 138 Å². The summed E-state index contributed by atoms with van der Waals surface area (Å²) in [6, 6.07) is 14.1. The molecule has 4 heteroatoms. The number of rotatable bonds is 4. The van der Waals surface area contributed by atoms with Crippen LogP contribution < -0.4 is 4.74 Å². The predicted molar refractivity (Wildman–Crippen MR) is 89.3 cm³/mol. The SMILES string of the molecule is CCCc1ccc(C(=O)Oc2ccc3cc(F)c(F)cc3c2)cc1. The van der Waals surface area contributed by atoms with Crippen LogP contribution in [0.25, 0.3) is 10.8 Å². The molecule has 0 amide bonds. The van der Waals surface area contributed by atoms with Crippen molar-refractivity contribution in [3.05, 3.63) is 77.4 Å². The van der Waals surface area contributed by atoms with Gasteiger partial charge in [0.25, 0.3) is 0 Å². The third kappa shape index (κ3) is 3.43. The van der Waals surface area contributed by atoms with E-state index in [4.69, 9.17) is 4.74 Å². The summed E-state index contributed by atoms with van der Waals surface area (Å²) in [5, 5.41) is 1.01. The molecule has 0 aliphatic heterocycles. The number of aryl methyl sites for hydroxylation is 1. The molecule has 0 aromatic heterocycles. The summed E-state index contributed by atoms with van der Waals surface area (Å²) < 4.78 is 31.9. The molecule has 0 radical (unpaired) electrons. The van der Waals surface area contributed by atoms with Crippen molar-refractivity contribution in [3.8, 4) is 5.75 Å². The van der Waals surface area contributed by atoms with Crippen molar-refractivity contribution in [1.82, 2.24) is 0 Å². The highest BCUT2D eigenvalue weighted by Gasteiger charge is 2.10. The van der Waals surface area contributed by atoms with Crippen LogP contribution in [0.4, 0.5) is 8.78 Å². The number of hydrogen-bond acceptors (Lipinski definition) is 2. The standard InChI is InChI=1S/C20H16F2O2/c1-2-3-13-4-6-14(7-5-13)20(23)24-17-9-8-15-11-18(21)19(22)12-16(15)10-17/h4-12H,2-3H2,1H3. The summed E-state index contributed by atoms with van der Waals surface area (Å²) >= 11 is 0. The first-order chi connectivity index (χ1) is 11.6. The van der Waals surface area contributed by atoms with E-state index in [1.165, 1.54) is 6.07 Å². The smallest absolute Gasteiger partial charge is 0.343 e. The zero-order valence-corrected chi connectivity index (χ0v) is 13.2. The molecule has 0 saturated heterocycles. The summed E-state index contributed by atoms with van der Waals surface area (Å²) in [6.07, 6.45) is 2.00. The number of ether oxygens (including phenoxy) is 1. The van der Waals surface area contributed by atoms with Gasteiger partial charge in [0.2, 0.25) is 0 Å². The minimum atomic E-state index is -0.933. The fourth-order valence-corrected chi connectivity index (χ4v) is 2.55. The zero-order valence-electron chi connectivity index (χ0n) is 13.2. The van der Waals surface area contributed by atoms with Crippen LogP contribution in [0.3, 0.4) is 0 Å². The first kappa shape index (κ1) is 16.1. The number of hydrogen-bond donors (Lipinski definition) is 0. The zero-order chi connectivity index (χ0) is 17.1. The van der Waals surface area contributed by atoms with Crippen LogP contribution in [0.15, 0.2) is 54.6 Å². The van der Waals surface area contributed by atoms with Crippen LogP contribution in [0, 0.1) is 11.6 Å². The second-order valence-electron chi connectivity index (χ2n) is 5.61. The highest BCUT2D eigenvalue weighted by Crippen LogP contribution is 2.24. The molecular weight excluding hydrogens is 310 g/mol. The number of carbonyl (C=O) groups excluding carboxylic acids is 1. The Bertz CT molecular complexity index is 886. The summed E-state index contributed by atoms with van der Waals surface area (Å²) in [5.74, 6) is -2.03. The van der Waals surface area contributed by atoms with E-state index in [1.807, 2.05) is 12.1 Å². The molecule has 122 valence electrons.